The lowest BCUT2D eigenvalue weighted by molar-refractivity contribution is 0.405. The Morgan fingerprint density at radius 2 is 1.82 bits per heavy atom. The molecule has 94 valence electrons. The summed E-state index contributed by atoms with van der Waals surface area (Å²) in [5, 5.41) is 0. The minimum Gasteiger partial charge on any atom is -0.207 e. The highest BCUT2D eigenvalue weighted by molar-refractivity contribution is 7.89. The van der Waals surface area contributed by atoms with E-state index < -0.39 is 15.8 Å². The second-order valence-corrected chi connectivity index (χ2v) is 6.61. The molecule has 1 aromatic rings. The molecule has 17 heavy (non-hydrogen) atoms. The fraction of sp³-hybridized carbons (Fsp3) is 0.500. The summed E-state index contributed by atoms with van der Waals surface area (Å²) < 4.78 is 38.9. The molecule has 0 bridgehead atoms. The van der Waals surface area contributed by atoms with Gasteiger partial charge >= 0.3 is 0 Å². The lowest BCUT2D eigenvalue weighted by Gasteiger charge is -2.20. The van der Waals surface area contributed by atoms with Crippen molar-refractivity contribution in [1.82, 2.24) is 4.31 Å². The molecule has 2 rings (SSSR count). The number of halogens is 1. The molecule has 0 aliphatic carbocycles. The smallest absolute Gasteiger partial charge is 0.207 e. The van der Waals surface area contributed by atoms with Crippen molar-refractivity contribution in [2.24, 2.45) is 5.92 Å². The second-order valence-electron chi connectivity index (χ2n) is 4.72. The van der Waals surface area contributed by atoms with Gasteiger partial charge in [0.2, 0.25) is 10.0 Å². The first-order valence-corrected chi connectivity index (χ1v) is 7.12. The molecule has 0 spiro atoms. The molecule has 1 unspecified atom stereocenters. The summed E-state index contributed by atoms with van der Waals surface area (Å²) in [7, 11) is -3.47. The van der Waals surface area contributed by atoms with Crippen LogP contribution in [0, 0.1) is 11.7 Å². The summed E-state index contributed by atoms with van der Waals surface area (Å²) >= 11 is 0. The van der Waals surface area contributed by atoms with Gasteiger partial charge in [-0.15, -0.1) is 0 Å². The van der Waals surface area contributed by atoms with E-state index in [0.717, 1.165) is 6.42 Å². The molecule has 0 N–H and O–H groups in total. The van der Waals surface area contributed by atoms with Gasteiger partial charge in [-0.05, 0) is 43.5 Å². The number of sulfonamides is 1. The van der Waals surface area contributed by atoms with Gasteiger partial charge in [0, 0.05) is 12.6 Å². The quantitative estimate of drug-likeness (QED) is 0.815. The van der Waals surface area contributed by atoms with Crippen LogP contribution in [0.4, 0.5) is 4.39 Å². The number of rotatable bonds is 2. The van der Waals surface area contributed by atoms with Crippen LogP contribution in [0.25, 0.3) is 0 Å². The van der Waals surface area contributed by atoms with Gasteiger partial charge in [0.05, 0.1) is 4.90 Å². The van der Waals surface area contributed by atoms with E-state index in [1.54, 1.807) is 0 Å². The fourth-order valence-corrected chi connectivity index (χ4v) is 4.10. The highest BCUT2D eigenvalue weighted by atomic mass is 32.2. The molecule has 0 aromatic heterocycles. The summed E-state index contributed by atoms with van der Waals surface area (Å²) in [6.45, 7) is 4.49. The molecule has 1 aliphatic rings. The van der Waals surface area contributed by atoms with E-state index in [1.165, 1.54) is 28.6 Å². The molecule has 3 nitrogen and oxygen atoms in total. The summed E-state index contributed by atoms with van der Waals surface area (Å²) in [5.41, 5.74) is 0. The van der Waals surface area contributed by atoms with Crippen LogP contribution in [0.5, 0.6) is 0 Å². The van der Waals surface area contributed by atoms with Gasteiger partial charge in [0.1, 0.15) is 5.82 Å². The van der Waals surface area contributed by atoms with E-state index in [0.29, 0.717) is 12.5 Å². The van der Waals surface area contributed by atoms with Gasteiger partial charge in [-0.2, -0.15) is 4.31 Å². The predicted molar refractivity (Wildman–Crippen MR) is 63.5 cm³/mol. The van der Waals surface area contributed by atoms with Crippen molar-refractivity contribution in [2.75, 3.05) is 6.54 Å². The summed E-state index contributed by atoms with van der Waals surface area (Å²) in [5.74, 6) is -0.0491. The van der Waals surface area contributed by atoms with Crippen LogP contribution in [0.2, 0.25) is 0 Å². The van der Waals surface area contributed by atoms with Crippen molar-refractivity contribution in [3.05, 3.63) is 30.1 Å². The zero-order valence-corrected chi connectivity index (χ0v) is 10.7. The van der Waals surface area contributed by atoms with E-state index in [1.807, 2.05) is 13.8 Å². The molecule has 1 aromatic carbocycles. The van der Waals surface area contributed by atoms with Gasteiger partial charge in [0.15, 0.2) is 0 Å². The minimum atomic E-state index is -3.47. The molecular formula is C12H16FNO2S. The number of hydrogen-bond donors (Lipinski definition) is 0. The molecular weight excluding hydrogens is 241 g/mol. The topological polar surface area (TPSA) is 37.4 Å². The van der Waals surface area contributed by atoms with Crippen molar-refractivity contribution >= 4 is 10.0 Å². The van der Waals surface area contributed by atoms with Gasteiger partial charge in [-0.25, -0.2) is 12.8 Å². The molecule has 2 atom stereocenters. The zero-order valence-electron chi connectivity index (χ0n) is 9.93. The average Bonchev–Trinajstić information content (AvgIpc) is 2.59. The van der Waals surface area contributed by atoms with E-state index in [9.17, 15) is 12.8 Å². The van der Waals surface area contributed by atoms with Gasteiger partial charge in [0.25, 0.3) is 0 Å². The standard InChI is InChI=1S/C12H16FNO2S/c1-9-7-10(2)14(8-9)17(15,16)12-5-3-11(13)4-6-12/h3-6,9-10H,7-8H2,1-2H3/t9?,10-/m1/s1. The Balaban J connectivity index is 2.33. The Morgan fingerprint density at radius 1 is 1.24 bits per heavy atom. The highest BCUT2D eigenvalue weighted by Crippen LogP contribution is 2.28. The minimum absolute atomic E-state index is 0.0139. The van der Waals surface area contributed by atoms with Crippen LogP contribution in [0.3, 0.4) is 0 Å². The van der Waals surface area contributed by atoms with Crippen molar-refractivity contribution < 1.29 is 12.8 Å². The largest absolute Gasteiger partial charge is 0.243 e. The SMILES string of the molecule is CC1C[C@@H](C)N(S(=O)(=O)c2ccc(F)cc2)C1. The highest BCUT2D eigenvalue weighted by Gasteiger charge is 2.35. The third-order valence-corrected chi connectivity index (χ3v) is 5.14. The van der Waals surface area contributed by atoms with Gasteiger partial charge in [-0.3, -0.25) is 0 Å². The van der Waals surface area contributed by atoms with Crippen LogP contribution in [-0.4, -0.2) is 25.3 Å². The number of nitrogens with zero attached hydrogens (tertiary/aromatic N) is 1. The van der Waals surface area contributed by atoms with Gasteiger partial charge in [-0.1, -0.05) is 6.92 Å². The Kier molecular flexibility index (Phi) is 3.23. The molecule has 1 fully saturated rings. The second kappa shape index (κ2) is 4.38. The van der Waals surface area contributed by atoms with E-state index in [4.69, 9.17) is 0 Å². The maximum atomic E-state index is 12.8. The molecule has 5 heteroatoms. The molecule has 0 saturated carbocycles. The Labute approximate surface area is 101 Å². The summed E-state index contributed by atoms with van der Waals surface area (Å²) in [4.78, 5) is 0.167. The number of benzene rings is 1. The first kappa shape index (κ1) is 12.5. The summed E-state index contributed by atoms with van der Waals surface area (Å²) in [6, 6.07) is 5.01. The zero-order chi connectivity index (χ0) is 12.6. The Bertz CT molecular complexity index is 498. The van der Waals surface area contributed by atoms with Crippen molar-refractivity contribution in [2.45, 2.75) is 31.2 Å². The lowest BCUT2D eigenvalue weighted by atomic mass is 10.1. The van der Waals surface area contributed by atoms with Crippen molar-refractivity contribution in [3.63, 3.8) is 0 Å². The number of hydrogen-bond acceptors (Lipinski definition) is 2. The van der Waals surface area contributed by atoms with Gasteiger partial charge < -0.3 is 0 Å². The van der Waals surface area contributed by atoms with Crippen LogP contribution >= 0.6 is 0 Å². The van der Waals surface area contributed by atoms with E-state index in [2.05, 4.69) is 0 Å². The molecule has 0 amide bonds. The fourth-order valence-electron chi connectivity index (χ4n) is 2.34. The van der Waals surface area contributed by atoms with Crippen LogP contribution in [0.1, 0.15) is 20.3 Å². The normalized spacial score (nSPS) is 26.3. The first-order chi connectivity index (χ1) is 7.91. The molecule has 0 radical (unpaired) electrons. The monoisotopic (exact) mass is 257 g/mol. The van der Waals surface area contributed by atoms with Crippen LogP contribution in [-0.2, 0) is 10.0 Å². The maximum Gasteiger partial charge on any atom is 0.243 e. The lowest BCUT2D eigenvalue weighted by Crippen LogP contribution is -2.33. The molecule has 1 aliphatic heterocycles. The van der Waals surface area contributed by atoms with Crippen molar-refractivity contribution in [3.8, 4) is 0 Å². The van der Waals surface area contributed by atoms with Crippen molar-refractivity contribution in [1.29, 1.82) is 0 Å². The predicted octanol–water partition coefficient (Wildman–Crippen LogP) is 2.24. The third kappa shape index (κ3) is 2.35. The van der Waals surface area contributed by atoms with E-state index in [-0.39, 0.29) is 10.9 Å². The first-order valence-electron chi connectivity index (χ1n) is 5.68. The van der Waals surface area contributed by atoms with Crippen LogP contribution < -0.4 is 0 Å². The van der Waals surface area contributed by atoms with Crippen LogP contribution in [0.15, 0.2) is 29.2 Å². The third-order valence-electron chi connectivity index (χ3n) is 3.15. The molecule has 1 heterocycles. The average molecular weight is 257 g/mol. The Morgan fingerprint density at radius 3 is 2.29 bits per heavy atom. The summed E-state index contributed by atoms with van der Waals surface area (Å²) in [6.07, 6.45) is 0.875. The molecule has 1 saturated heterocycles. The van der Waals surface area contributed by atoms with E-state index >= 15 is 0 Å². The Hall–Kier alpha value is -0.940. The maximum absolute atomic E-state index is 12.8.